The molecule has 0 saturated carbocycles. The Balaban J connectivity index is 2.13. The van der Waals surface area contributed by atoms with Gasteiger partial charge in [-0.2, -0.15) is 5.10 Å². The third-order valence-electron chi connectivity index (χ3n) is 2.47. The molecule has 2 rings (SSSR count). The van der Waals surface area contributed by atoms with Crippen molar-refractivity contribution in [1.29, 1.82) is 0 Å². The largest absolute Gasteiger partial charge is 0.384 e. The molecular formula is C10H13FN6. The fourth-order valence-corrected chi connectivity index (χ4v) is 1.39. The maximum Gasteiger partial charge on any atom is 0.186 e. The van der Waals surface area contributed by atoms with Gasteiger partial charge in [-0.15, -0.1) is 0 Å². The van der Waals surface area contributed by atoms with Gasteiger partial charge < -0.3 is 11.1 Å². The van der Waals surface area contributed by atoms with Gasteiger partial charge in [0, 0.05) is 19.2 Å². The molecule has 0 aliphatic rings. The standard InChI is InChI=1S/C10H13FN6/c1-6-8(11)10(15-5-14-6)13-3-7-4-16-17(2)9(7)12/h4-5H,3,12H2,1-2H3,(H,13,14,15). The maximum atomic E-state index is 13.6. The Morgan fingerprint density at radius 3 is 2.88 bits per heavy atom. The average molecular weight is 236 g/mol. The number of hydrogen-bond acceptors (Lipinski definition) is 5. The number of hydrogen-bond donors (Lipinski definition) is 2. The summed E-state index contributed by atoms with van der Waals surface area (Å²) in [7, 11) is 1.74. The predicted octanol–water partition coefficient (Wildman–Crippen LogP) is 0.852. The molecule has 2 heterocycles. The minimum atomic E-state index is -0.449. The molecule has 6 nitrogen and oxygen atoms in total. The van der Waals surface area contributed by atoms with Crippen LogP contribution in [-0.2, 0) is 13.6 Å². The van der Waals surface area contributed by atoms with Crippen LogP contribution in [0.15, 0.2) is 12.5 Å². The van der Waals surface area contributed by atoms with Crippen LogP contribution in [0.4, 0.5) is 16.0 Å². The van der Waals surface area contributed by atoms with Gasteiger partial charge in [-0.3, -0.25) is 4.68 Å². The number of halogens is 1. The van der Waals surface area contributed by atoms with Crippen LogP contribution in [-0.4, -0.2) is 19.7 Å². The summed E-state index contributed by atoms with van der Waals surface area (Å²) >= 11 is 0. The van der Waals surface area contributed by atoms with E-state index in [2.05, 4.69) is 20.4 Å². The van der Waals surface area contributed by atoms with E-state index in [0.29, 0.717) is 18.1 Å². The molecule has 0 bridgehead atoms. The molecule has 7 heteroatoms. The number of nitrogens with one attached hydrogen (secondary N) is 1. The van der Waals surface area contributed by atoms with E-state index in [1.165, 1.54) is 6.33 Å². The van der Waals surface area contributed by atoms with E-state index in [1.54, 1.807) is 24.9 Å². The topological polar surface area (TPSA) is 81.7 Å². The van der Waals surface area contributed by atoms with Crippen LogP contribution < -0.4 is 11.1 Å². The second-order valence-electron chi connectivity index (χ2n) is 3.65. The number of rotatable bonds is 3. The summed E-state index contributed by atoms with van der Waals surface area (Å²) in [5.74, 6) is 0.263. The summed E-state index contributed by atoms with van der Waals surface area (Å²) in [4.78, 5) is 7.57. The van der Waals surface area contributed by atoms with Crippen molar-refractivity contribution in [3.05, 3.63) is 29.6 Å². The van der Waals surface area contributed by atoms with Crippen molar-refractivity contribution < 1.29 is 4.39 Å². The molecule has 17 heavy (non-hydrogen) atoms. The number of nitrogens with two attached hydrogens (primary N) is 1. The summed E-state index contributed by atoms with van der Waals surface area (Å²) in [6, 6.07) is 0. The highest BCUT2D eigenvalue weighted by molar-refractivity contribution is 5.43. The van der Waals surface area contributed by atoms with Crippen LogP contribution in [0, 0.1) is 12.7 Å². The summed E-state index contributed by atoms with van der Waals surface area (Å²) in [5.41, 5.74) is 6.87. The summed E-state index contributed by atoms with van der Waals surface area (Å²) < 4.78 is 15.1. The molecule has 0 saturated heterocycles. The minimum Gasteiger partial charge on any atom is -0.384 e. The quantitative estimate of drug-likeness (QED) is 0.825. The molecule has 90 valence electrons. The second kappa shape index (κ2) is 4.36. The first-order valence-corrected chi connectivity index (χ1v) is 5.07. The van der Waals surface area contributed by atoms with Gasteiger partial charge in [0.1, 0.15) is 12.1 Å². The Hall–Kier alpha value is -2.18. The van der Waals surface area contributed by atoms with Crippen molar-refractivity contribution in [2.45, 2.75) is 13.5 Å². The Morgan fingerprint density at radius 2 is 2.24 bits per heavy atom. The Bertz CT molecular complexity index is 536. The first-order valence-electron chi connectivity index (χ1n) is 5.07. The minimum absolute atomic E-state index is 0.167. The summed E-state index contributed by atoms with van der Waals surface area (Å²) in [6.07, 6.45) is 2.95. The van der Waals surface area contributed by atoms with Crippen LogP contribution in [0.1, 0.15) is 11.3 Å². The van der Waals surface area contributed by atoms with Gasteiger partial charge in [-0.1, -0.05) is 0 Å². The van der Waals surface area contributed by atoms with E-state index < -0.39 is 5.82 Å². The van der Waals surface area contributed by atoms with Gasteiger partial charge in [0.05, 0.1) is 11.9 Å². The number of aromatic nitrogens is 4. The smallest absolute Gasteiger partial charge is 0.186 e. The fraction of sp³-hybridized carbons (Fsp3) is 0.300. The van der Waals surface area contributed by atoms with E-state index in [-0.39, 0.29) is 5.82 Å². The first-order chi connectivity index (χ1) is 8.09. The highest BCUT2D eigenvalue weighted by Crippen LogP contribution is 2.15. The van der Waals surface area contributed by atoms with Crippen LogP contribution in [0.2, 0.25) is 0 Å². The molecule has 0 radical (unpaired) electrons. The van der Waals surface area contributed by atoms with Crippen LogP contribution in [0.3, 0.4) is 0 Å². The number of nitrogen functional groups attached to an aromatic ring is 1. The molecule has 0 aromatic carbocycles. The summed E-state index contributed by atoms with van der Waals surface area (Å²) in [5, 5.41) is 6.86. The zero-order chi connectivity index (χ0) is 12.4. The monoisotopic (exact) mass is 236 g/mol. The van der Waals surface area contributed by atoms with Crippen molar-refractivity contribution in [3.8, 4) is 0 Å². The number of nitrogens with zero attached hydrogens (tertiary/aromatic N) is 4. The van der Waals surface area contributed by atoms with Crippen LogP contribution >= 0.6 is 0 Å². The Morgan fingerprint density at radius 1 is 1.47 bits per heavy atom. The van der Waals surface area contributed by atoms with Crippen molar-refractivity contribution in [3.63, 3.8) is 0 Å². The molecule has 0 amide bonds. The number of anilines is 2. The van der Waals surface area contributed by atoms with E-state index in [4.69, 9.17) is 5.73 Å². The van der Waals surface area contributed by atoms with Gasteiger partial charge in [0.2, 0.25) is 0 Å². The molecule has 0 aliphatic heterocycles. The van der Waals surface area contributed by atoms with Crippen molar-refractivity contribution >= 4 is 11.6 Å². The zero-order valence-electron chi connectivity index (χ0n) is 9.61. The number of aryl methyl sites for hydroxylation is 2. The van der Waals surface area contributed by atoms with E-state index in [0.717, 1.165) is 5.56 Å². The van der Waals surface area contributed by atoms with Crippen LogP contribution in [0.25, 0.3) is 0 Å². The second-order valence-corrected chi connectivity index (χ2v) is 3.65. The Labute approximate surface area is 97.7 Å². The van der Waals surface area contributed by atoms with E-state index in [9.17, 15) is 4.39 Å². The van der Waals surface area contributed by atoms with Crippen molar-refractivity contribution in [2.75, 3.05) is 11.1 Å². The molecule has 0 fully saturated rings. The molecule has 2 aromatic heterocycles. The molecular weight excluding hydrogens is 223 g/mol. The van der Waals surface area contributed by atoms with Gasteiger partial charge in [0.15, 0.2) is 11.6 Å². The SMILES string of the molecule is Cc1ncnc(NCc2cnn(C)c2N)c1F. The zero-order valence-corrected chi connectivity index (χ0v) is 9.61. The normalized spacial score (nSPS) is 10.5. The molecule has 2 aromatic rings. The fourth-order valence-electron chi connectivity index (χ4n) is 1.39. The van der Waals surface area contributed by atoms with Crippen LogP contribution in [0.5, 0.6) is 0 Å². The molecule has 0 spiro atoms. The van der Waals surface area contributed by atoms with E-state index in [1.807, 2.05) is 0 Å². The predicted molar refractivity (Wildman–Crippen MR) is 61.7 cm³/mol. The third-order valence-corrected chi connectivity index (χ3v) is 2.47. The summed E-state index contributed by atoms with van der Waals surface area (Å²) in [6.45, 7) is 1.95. The van der Waals surface area contributed by atoms with Gasteiger partial charge in [-0.05, 0) is 6.92 Å². The lowest BCUT2D eigenvalue weighted by atomic mass is 10.3. The van der Waals surface area contributed by atoms with Gasteiger partial charge in [-0.25, -0.2) is 14.4 Å². The molecule has 0 aliphatic carbocycles. The van der Waals surface area contributed by atoms with E-state index >= 15 is 0 Å². The highest BCUT2D eigenvalue weighted by atomic mass is 19.1. The Kier molecular flexibility index (Phi) is 2.90. The molecule has 0 atom stereocenters. The lowest BCUT2D eigenvalue weighted by molar-refractivity contribution is 0.604. The van der Waals surface area contributed by atoms with Gasteiger partial charge in [0.25, 0.3) is 0 Å². The average Bonchev–Trinajstić information content (AvgIpc) is 2.62. The maximum absolute atomic E-state index is 13.6. The lowest BCUT2D eigenvalue weighted by Crippen LogP contribution is -2.07. The lowest BCUT2D eigenvalue weighted by Gasteiger charge is -2.06. The third kappa shape index (κ3) is 2.17. The first kappa shape index (κ1) is 11.3. The molecule has 0 unspecified atom stereocenters. The van der Waals surface area contributed by atoms with Gasteiger partial charge >= 0.3 is 0 Å². The van der Waals surface area contributed by atoms with Crippen molar-refractivity contribution in [2.24, 2.45) is 7.05 Å². The highest BCUT2D eigenvalue weighted by Gasteiger charge is 2.09. The molecule has 3 N–H and O–H groups in total. The van der Waals surface area contributed by atoms with Crippen molar-refractivity contribution in [1.82, 2.24) is 19.7 Å².